The predicted molar refractivity (Wildman–Crippen MR) is 69.9 cm³/mol. The third-order valence-electron chi connectivity index (χ3n) is 2.94. The lowest BCUT2D eigenvalue weighted by Gasteiger charge is -2.13. The van der Waals surface area contributed by atoms with Crippen molar-refractivity contribution in [3.8, 4) is 0 Å². The zero-order chi connectivity index (χ0) is 13.2. The number of carbonyl (C=O) groups excluding carboxylic acids is 1. The molecule has 1 unspecified atom stereocenters. The number of allylic oxidation sites excluding steroid dienone is 1. The molecule has 0 saturated carbocycles. The standard InChI is InChI=1S/C13H15NO3S/c1-2-3-8-18(16,17)14-12-9-13(15)11-7-5-4-6-10(11)12/h2,4-7,12,14H,1,3,8-9H2. The first kappa shape index (κ1) is 13.0. The van der Waals surface area contributed by atoms with Gasteiger partial charge < -0.3 is 0 Å². The molecule has 1 N–H and O–H groups in total. The maximum Gasteiger partial charge on any atom is 0.212 e. The van der Waals surface area contributed by atoms with Crippen LogP contribution < -0.4 is 4.72 Å². The van der Waals surface area contributed by atoms with Crippen LogP contribution in [-0.4, -0.2) is 20.0 Å². The van der Waals surface area contributed by atoms with Crippen LogP contribution >= 0.6 is 0 Å². The third-order valence-corrected chi connectivity index (χ3v) is 4.36. The summed E-state index contributed by atoms with van der Waals surface area (Å²) in [6, 6.07) is 6.69. The minimum absolute atomic E-state index is 0.00333. The Kier molecular flexibility index (Phi) is 3.63. The second kappa shape index (κ2) is 5.04. The number of carbonyl (C=O) groups is 1. The molecule has 1 aliphatic carbocycles. The number of hydrogen-bond donors (Lipinski definition) is 1. The maximum absolute atomic E-state index is 11.8. The van der Waals surface area contributed by atoms with Crippen molar-refractivity contribution in [2.45, 2.75) is 18.9 Å². The van der Waals surface area contributed by atoms with Gasteiger partial charge in [-0.15, -0.1) is 6.58 Å². The largest absolute Gasteiger partial charge is 0.294 e. The first-order chi connectivity index (χ1) is 8.53. The van der Waals surface area contributed by atoms with Gasteiger partial charge in [-0.2, -0.15) is 0 Å². The highest BCUT2D eigenvalue weighted by molar-refractivity contribution is 7.89. The molecule has 0 radical (unpaired) electrons. The number of rotatable bonds is 5. The van der Waals surface area contributed by atoms with E-state index in [0.717, 1.165) is 5.56 Å². The summed E-state index contributed by atoms with van der Waals surface area (Å²) >= 11 is 0. The summed E-state index contributed by atoms with van der Waals surface area (Å²) in [5.41, 5.74) is 1.39. The molecule has 96 valence electrons. The number of sulfonamides is 1. The van der Waals surface area contributed by atoms with Gasteiger partial charge in [0.25, 0.3) is 0 Å². The lowest BCUT2D eigenvalue weighted by Crippen LogP contribution is -2.29. The van der Waals surface area contributed by atoms with Gasteiger partial charge in [-0.05, 0) is 12.0 Å². The van der Waals surface area contributed by atoms with E-state index in [1.165, 1.54) is 0 Å². The third kappa shape index (κ3) is 2.68. The van der Waals surface area contributed by atoms with Gasteiger partial charge in [0.15, 0.2) is 5.78 Å². The van der Waals surface area contributed by atoms with Crippen LogP contribution in [0.4, 0.5) is 0 Å². The minimum Gasteiger partial charge on any atom is -0.294 e. The van der Waals surface area contributed by atoms with Gasteiger partial charge in [0.05, 0.1) is 11.8 Å². The molecular formula is C13H15NO3S. The molecule has 0 fully saturated rings. The van der Waals surface area contributed by atoms with Gasteiger partial charge >= 0.3 is 0 Å². The fourth-order valence-electron chi connectivity index (χ4n) is 2.08. The van der Waals surface area contributed by atoms with E-state index in [1.54, 1.807) is 24.3 Å². The van der Waals surface area contributed by atoms with E-state index in [4.69, 9.17) is 0 Å². The van der Waals surface area contributed by atoms with Crippen LogP contribution in [0.2, 0.25) is 0 Å². The highest BCUT2D eigenvalue weighted by Gasteiger charge is 2.31. The van der Waals surface area contributed by atoms with E-state index in [0.29, 0.717) is 12.0 Å². The summed E-state index contributed by atoms with van der Waals surface area (Å²) in [5.74, 6) is -0.00869. The van der Waals surface area contributed by atoms with E-state index >= 15 is 0 Å². The molecule has 0 heterocycles. The SMILES string of the molecule is C=CCCS(=O)(=O)NC1CC(=O)c2ccccc21. The molecule has 5 heteroatoms. The van der Waals surface area contributed by atoms with E-state index in [9.17, 15) is 13.2 Å². The summed E-state index contributed by atoms with van der Waals surface area (Å²) in [4.78, 5) is 11.7. The zero-order valence-corrected chi connectivity index (χ0v) is 10.7. The molecule has 18 heavy (non-hydrogen) atoms. The summed E-state index contributed by atoms with van der Waals surface area (Å²) in [5, 5.41) is 0. The van der Waals surface area contributed by atoms with Crippen molar-refractivity contribution in [3.63, 3.8) is 0 Å². The molecule has 0 saturated heterocycles. The van der Waals surface area contributed by atoms with Crippen molar-refractivity contribution in [2.24, 2.45) is 0 Å². The molecule has 0 spiro atoms. The highest BCUT2D eigenvalue weighted by Crippen LogP contribution is 2.31. The molecule has 0 bridgehead atoms. The number of ketones is 1. The smallest absolute Gasteiger partial charge is 0.212 e. The number of hydrogen-bond acceptors (Lipinski definition) is 3. The van der Waals surface area contributed by atoms with Crippen LogP contribution in [0.5, 0.6) is 0 Å². The Balaban J connectivity index is 2.18. The normalized spacial score (nSPS) is 18.7. The van der Waals surface area contributed by atoms with Crippen molar-refractivity contribution in [1.29, 1.82) is 0 Å². The van der Waals surface area contributed by atoms with E-state index in [2.05, 4.69) is 11.3 Å². The first-order valence-electron chi connectivity index (χ1n) is 5.76. The molecule has 4 nitrogen and oxygen atoms in total. The van der Waals surface area contributed by atoms with Crippen LogP contribution in [0.3, 0.4) is 0 Å². The van der Waals surface area contributed by atoms with Crippen molar-refractivity contribution < 1.29 is 13.2 Å². The van der Waals surface area contributed by atoms with E-state index < -0.39 is 16.1 Å². The van der Waals surface area contributed by atoms with Crippen LogP contribution in [0.1, 0.15) is 34.8 Å². The molecule has 0 aromatic heterocycles. The van der Waals surface area contributed by atoms with Crippen molar-refractivity contribution in [2.75, 3.05) is 5.75 Å². The van der Waals surface area contributed by atoms with E-state index in [-0.39, 0.29) is 18.0 Å². The van der Waals surface area contributed by atoms with Gasteiger partial charge in [0.1, 0.15) is 0 Å². The Morgan fingerprint density at radius 1 is 1.39 bits per heavy atom. The molecule has 1 aromatic carbocycles. The van der Waals surface area contributed by atoms with Gasteiger partial charge in [-0.3, -0.25) is 4.79 Å². The van der Waals surface area contributed by atoms with Crippen molar-refractivity contribution in [3.05, 3.63) is 48.0 Å². The van der Waals surface area contributed by atoms with Crippen molar-refractivity contribution in [1.82, 2.24) is 4.72 Å². The predicted octanol–water partition coefficient (Wildman–Crippen LogP) is 1.81. The highest BCUT2D eigenvalue weighted by atomic mass is 32.2. The number of nitrogens with one attached hydrogen (secondary N) is 1. The summed E-state index contributed by atoms with van der Waals surface area (Å²) in [7, 11) is -3.37. The van der Waals surface area contributed by atoms with Gasteiger partial charge in [-0.25, -0.2) is 13.1 Å². The molecular weight excluding hydrogens is 250 g/mol. The molecule has 0 aliphatic heterocycles. The average Bonchev–Trinajstić information content (AvgIpc) is 2.64. The maximum atomic E-state index is 11.8. The Labute approximate surface area is 107 Å². The Morgan fingerprint density at radius 2 is 2.11 bits per heavy atom. The quantitative estimate of drug-likeness (QED) is 0.826. The summed E-state index contributed by atoms with van der Waals surface area (Å²) < 4.78 is 26.2. The van der Waals surface area contributed by atoms with Crippen LogP contribution in [0.25, 0.3) is 0 Å². The summed E-state index contributed by atoms with van der Waals surface area (Å²) in [6.07, 6.45) is 2.16. The molecule has 2 rings (SSSR count). The minimum atomic E-state index is -3.37. The molecule has 0 amide bonds. The monoisotopic (exact) mass is 265 g/mol. The van der Waals surface area contributed by atoms with Gasteiger partial charge in [-0.1, -0.05) is 30.3 Å². The van der Waals surface area contributed by atoms with Gasteiger partial charge in [0, 0.05) is 12.0 Å². The topological polar surface area (TPSA) is 63.2 Å². The Morgan fingerprint density at radius 3 is 2.83 bits per heavy atom. The fraction of sp³-hybridized carbons (Fsp3) is 0.308. The number of fused-ring (bicyclic) bond motifs is 1. The lowest BCUT2D eigenvalue weighted by molar-refractivity contribution is 0.0988. The average molecular weight is 265 g/mol. The first-order valence-corrected chi connectivity index (χ1v) is 7.42. The molecule has 1 aromatic rings. The Bertz CT molecular complexity index is 578. The van der Waals surface area contributed by atoms with Crippen molar-refractivity contribution >= 4 is 15.8 Å². The van der Waals surface area contributed by atoms with Crippen LogP contribution in [0, 0.1) is 0 Å². The van der Waals surface area contributed by atoms with Crippen LogP contribution in [-0.2, 0) is 10.0 Å². The molecule has 1 atom stereocenters. The van der Waals surface area contributed by atoms with Crippen LogP contribution in [0.15, 0.2) is 36.9 Å². The van der Waals surface area contributed by atoms with Gasteiger partial charge in [0.2, 0.25) is 10.0 Å². The zero-order valence-electron chi connectivity index (χ0n) is 9.93. The Hall–Kier alpha value is -1.46. The fourth-order valence-corrected chi connectivity index (χ4v) is 3.32. The number of benzene rings is 1. The lowest BCUT2D eigenvalue weighted by atomic mass is 10.1. The summed E-state index contributed by atoms with van der Waals surface area (Å²) in [6.45, 7) is 3.50. The molecule has 1 aliphatic rings. The second-order valence-corrected chi connectivity index (χ2v) is 6.15. The second-order valence-electron chi connectivity index (χ2n) is 4.28. The van der Waals surface area contributed by atoms with E-state index in [1.807, 2.05) is 6.07 Å². The number of Topliss-reactive ketones (excluding diaryl/α,β-unsaturated/α-hetero) is 1.